The number of nitrogens with two attached hydrogens (primary N) is 1. The largest absolute Gasteiger partial charge is 0.507 e. The first-order chi connectivity index (χ1) is 20.3. The Balaban J connectivity index is 1.08. The van der Waals surface area contributed by atoms with Gasteiger partial charge >= 0.3 is 11.8 Å². The Morgan fingerprint density at radius 2 is 1.79 bits per heavy atom. The number of hydrogen-bond donors (Lipinski definition) is 5. The Morgan fingerprint density at radius 1 is 1.02 bits per heavy atom. The molecule has 216 valence electrons. The van der Waals surface area contributed by atoms with Gasteiger partial charge in [0.15, 0.2) is 11.9 Å². The normalized spacial score (nSPS) is 19.0. The van der Waals surface area contributed by atoms with Crippen molar-refractivity contribution in [3.05, 3.63) is 59.7 Å². The van der Waals surface area contributed by atoms with E-state index in [0.29, 0.717) is 66.5 Å². The number of para-hydroxylation sites is 1. The minimum atomic E-state index is -0.610. The molecule has 0 radical (unpaired) electrons. The summed E-state index contributed by atoms with van der Waals surface area (Å²) in [5.74, 6) is -0.549. The van der Waals surface area contributed by atoms with Crippen LogP contribution in [0, 0.1) is 0 Å². The maximum absolute atomic E-state index is 13.1. The van der Waals surface area contributed by atoms with Crippen LogP contribution in [-0.2, 0) is 16.1 Å². The predicted molar refractivity (Wildman–Crippen MR) is 154 cm³/mol. The average molecular weight is 572 g/mol. The maximum atomic E-state index is 13.1. The molecule has 1 fully saturated rings. The molecule has 3 amide bonds. The Bertz CT molecular complexity index is 1600. The summed E-state index contributed by atoms with van der Waals surface area (Å²) < 4.78 is 0. The van der Waals surface area contributed by atoms with E-state index in [-0.39, 0.29) is 48.9 Å². The van der Waals surface area contributed by atoms with Crippen LogP contribution in [0.4, 0.5) is 17.2 Å². The lowest BCUT2D eigenvalue weighted by Crippen LogP contribution is -2.82. The molecule has 1 aromatic heterocycles. The van der Waals surface area contributed by atoms with Gasteiger partial charge in [0, 0.05) is 55.1 Å². The number of rotatable bonds is 6. The first-order valence-corrected chi connectivity index (χ1v) is 13.8. The molecule has 6 N–H and O–H groups in total. The highest BCUT2D eigenvalue weighted by atomic mass is 16.3. The molecule has 0 bridgehead atoms. The molecule has 42 heavy (non-hydrogen) atoms. The van der Waals surface area contributed by atoms with E-state index in [1.807, 2.05) is 17.0 Å². The van der Waals surface area contributed by atoms with Crippen LogP contribution in [0.2, 0.25) is 0 Å². The molecule has 0 spiro atoms. The van der Waals surface area contributed by atoms with E-state index in [1.165, 1.54) is 4.90 Å². The van der Waals surface area contributed by atoms with Gasteiger partial charge in [-0.2, -0.15) is 0 Å². The van der Waals surface area contributed by atoms with Crippen molar-refractivity contribution >= 4 is 40.8 Å². The molecule has 3 aromatic rings. The Kier molecular flexibility index (Phi) is 7.17. The number of aromatic hydroxyl groups is 1. The van der Waals surface area contributed by atoms with Gasteiger partial charge in [0.2, 0.25) is 5.91 Å². The summed E-state index contributed by atoms with van der Waals surface area (Å²) in [6, 6.07) is 13.3. The zero-order chi connectivity index (χ0) is 29.4. The molecule has 6 rings (SSSR count). The summed E-state index contributed by atoms with van der Waals surface area (Å²) in [7, 11) is 0. The van der Waals surface area contributed by atoms with Crippen molar-refractivity contribution in [2.45, 2.75) is 25.4 Å². The number of nitrogen functional groups attached to an aromatic ring is 1. The number of amides is 3. The Hall–Kier alpha value is -5.04. The van der Waals surface area contributed by atoms with Crippen LogP contribution in [0.1, 0.15) is 28.8 Å². The molecule has 1 unspecified atom stereocenters. The molecule has 13 heteroatoms. The van der Waals surface area contributed by atoms with Crippen LogP contribution in [0.3, 0.4) is 0 Å². The molecule has 3 aliphatic rings. The molecule has 0 aliphatic carbocycles. The molecular formula is C29H31N8O5+. The fraction of sp³-hybridized carbons (Fsp3) is 0.310. The lowest BCUT2D eigenvalue weighted by molar-refractivity contribution is -0.394. The summed E-state index contributed by atoms with van der Waals surface area (Å²) >= 11 is 0. The fourth-order valence-electron chi connectivity index (χ4n) is 5.73. The number of piperazine rings is 1. The number of carbonyl (C=O) groups is 3. The number of aromatic nitrogens is 2. The van der Waals surface area contributed by atoms with Crippen molar-refractivity contribution in [2.24, 2.45) is 0 Å². The van der Waals surface area contributed by atoms with Crippen LogP contribution in [-0.4, -0.2) is 92.6 Å². The van der Waals surface area contributed by atoms with Gasteiger partial charge in [0.1, 0.15) is 5.75 Å². The number of phenolic OH excluding ortho intramolecular Hbond substituents is 1. The second kappa shape index (κ2) is 11.1. The van der Waals surface area contributed by atoms with Gasteiger partial charge in [-0.3, -0.25) is 14.5 Å². The number of aliphatic hydroxyl groups excluding tert-OH is 1. The van der Waals surface area contributed by atoms with Gasteiger partial charge in [0.25, 0.3) is 5.91 Å². The van der Waals surface area contributed by atoms with Crippen LogP contribution >= 0.6 is 0 Å². The quantitative estimate of drug-likeness (QED) is 0.268. The smallest absolute Gasteiger partial charge is 0.388 e. The molecule has 0 saturated carbocycles. The topological polar surface area (TPSA) is 179 Å². The monoisotopic (exact) mass is 571 g/mol. The third-order valence-corrected chi connectivity index (χ3v) is 7.94. The van der Waals surface area contributed by atoms with E-state index < -0.39 is 6.04 Å². The van der Waals surface area contributed by atoms with Crippen molar-refractivity contribution in [1.82, 2.24) is 20.0 Å². The van der Waals surface area contributed by atoms with Crippen LogP contribution in [0.25, 0.3) is 11.3 Å². The lowest BCUT2D eigenvalue weighted by Gasteiger charge is -2.36. The number of nitrogens with one attached hydrogen (secondary N) is 2. The first-order valence-electron chi connectivity index (χ1n) is 13.8. The third kappa shape index (κ3) is 5.21. The van der Waals surface area contributed by atoms with Crippen molar-refractivity contribution in [3.63, 3.8) is 0 Å². The summed E-state index contributed by atoms with van der Waals surface area (Å²) in [6.07, 6.45) is 0.552. The van der Waals surface area contributed by atoms with E-state index in [9.17, 15) is 24.6 Å². The van der Waals surface area contributed by atoms with Gasteiger partial charge in [-0.05, 0) is 36.8 Å². The summed E-state index contributed by atoms with van der Waals surface area (Å²) in [6.45, 7) is 2.85. The van der Waals surface area contributed by atoms with Gasteiger partial charge in [-0.1, -0.05) is 18.2 Å². The average Bonchev–Trinajstić information content (AvgIpc) is 3.31. The van der Waals surface area contributed by atoms with Crippen molar-refractivity contribution in [1.29, 1.82) is 0 Å². The number of phenols is 1. The SMILES string of the molecule is Nc1nnc(-c2ccccc2O)cc1N1CCN(CC(=O)Nc2cccc3c2CN(C2CCC(=O)[NH+]=C2O)C3=O)CC1. The highest BCUT2D eigenvalue weighted by Gasteiger charge is 2.41. The summed E-state index contributed by atoms with van der Waals surface area (Å²) in [4.78, 5) is 45.8. The van der Waals surface area contributed by atoms with Crippen LogP contribution in [0.15, 0.2) is 48.5 Å². The number of benzene rings is 2. The highest BCUT2D eigenvalue weighted by molar-refractivity contribution is 6.04. The summed E-state index contributed by atoms with van der Waals surface area (Å²) in [5.41, 5.74) is 9.67. The fourth-order valence-corrected chi connectivity index (χ4v) is 5.73. The molecule has 3 aliphatic heterocycles. The molecule has 13 nitrogen and oxygen atoms in total. The molecule has 2 aromatic carbocycles. The Labute approximate surface area is 241 Å². The van der Waals surface area contributed by atoms with Gasteiger partial charge in [0.05, 0.1) is 24.3 Å². The van der Waals surface area contributed by atoms with E-state index >= 15 is 0 Å². The van der Waals surface area contributed by atoms with Crippen LogP contribution < -0.4 is 20.9 Å². The first kappa shape index (κ1) is 27.1. The second-order valence-electron chi connectivity index (χ2n) is 10.6. The third-order valence-electron chi connectivity index (χ3n) is 7.94. The van der Waals surface area contributed by atoms with Gasteiger partial charge in [-0.25, -0.2) is 4.79 Å². The highest BCUT2D eigenvalue weighted by Crippen LogP contribution is 2.33. The van der Waals surface area contributed by atoms with Crippen molar-refractivity contribution in [2.75, 3.05) is 48.7 Å². The maximum Gasteiger partial charge on any atom is 0.388 e. The second-order valence-corrected chi connectivity index (χ2v) is 10.6. The predicted octanol–water partition coefficient (Wildman–Crippen LogP) is -0.126. The zero-order valence-electron chi connectivity index (χ0n) is 22.8. The number of carbonyl (C=O) groups excluding carboxylic acids is 3. The van der Waals surface area contributed by atoms with E-state index in [0.717, 1.165) is 5.69 Å². The molecular weight excluding hydrogens is 540 g/mol. The number of aliphatic hydroxyl groups is 1. The molecule has 1 atom stereocenters. The van der Waals surface area contributed by atoms with Crippen molar-refractivity contribution < 1.29 is 29.6 Å². The van der Waals surface area contributed by atoms with Crippen LogP contribution in [0.5, 0.6) is 5.75 Å². The lowest BCUT2D eigenvalue weighted by atomic mass is 10.1. The number of hydrogen-bond acceptors (Lipinski definition) is 9. The summed E-state index contributed by atoms with van der Waals surface area (Å²) in [5, 5.41) is 31.7. The minimum Gasteiger partial charge on any atom is -0.507 e. The molecule has 1 saturated heterocycles. The molecule has 4 heterocycles. The Morgan fingerprint density at radius 3 is 2.55 bits per heavy atom. The zero-order valence-corrected chi connectivity index (χ0v) is 22.8. The number of anilines is 3. The van der Waals surface area contributed by atoms with E-state index in [1.54, 1.807) is 36.4 Å². The minimum absolute atomic E-state index is 0.110. The van der Waals surface area contributed by atoms with Gasteiger partial charge in [-0.15, -0.1) is 15.2 Å². The van der Waals surface area contributed by atoms with Crippen molar-refractivity contribution in [3.8, 4) is 17.0 Å². The van der Waals surface area contributed by atoms with E-state index in [4.69, 9.17) is 5.73 Å². The van der Waals surface area contributed by atoms with Gasteiger partial charge < -0.3 is 31.1 Å². The standard InChI is InChI=1S/C29H30N8O5/c30-27-23(14-21(33-34-27)18-4-1-2-7-24(18)38)36-12-10-35(11-13-36)16-26(40)31-20-6-3-5-17-19(20)15-37(29(17)42)22-8-9-25(39)32-28(22)41/h1-7,14,22,38H,8-13,15-16H2,(H2,30,34)(H,31,40)(H,32,39,41)/p+1. The number of fused-ring (bicyclic) bond motifs is 1. The van der Waals surface area contributed by atoms with E-state index in [2.05, 4.69) is 25.4 Å². The number of nitrogens with zero attached hydrogens (tertiary/aromatic N) is 5.